The summed E-state index contributed by atoms with van der Waals surface area (Å²) in [5.74, 6) is 0. The van der Waals surface area contributed by atoms with Gasteiger partial charge in [0.05, 0.1) is 24.4 Å². The van der Waals surface area contributed by atoms with Crippen molar-refractivity contribution in [2.75, 3.05) is 13.2 Å². The molecule has 3 rings (SSSR count). The Morgan fingerprint density at radius 3 is 1.95 bits per heavy atom. The SMILES string of the molecule is C1CCC2(CC1)CO2.[N-]=[N+]=NCC1(O)CCCCC1. The van der Waals surface area contributed by atoms with Crippen LogP contribution in [0.15, 0.2) is 5.11 Å². The molecule has 108 valence electrons. The first-order chi connectivity index (χ1) is 9.18. The first-order valence-corrected chi connectivity index (χ1v) is 7.55. The molecule has 0 aromatic rings. The Hall–Kier alpha value is -0.770. The average molecular weight is 267 g/mol. The van der Waals surface area contributed by atoms with Gasteiger partial charge in [-0.15, -0.1) is 0 Å². The van der Waals surface area contributed by atoms with E-state index >= 15 is 0 Å². The van der Waals surface area contributed by atoms with Crippen LogP contribution in [0.5, 0.6) is 0 Å². The third-order valence-electron chi connectivity index (χ3n) is 4.53. The van der Waals surface area contributed by atoms with Crippen molar-refractivity contribution >= 4 is 0 Å². The quantitative estimate of drug-likeness (QED) is 0.358. The number of aliphatic hydroxyl groups is 1. The zero-order valence-corrected chi connectivity index (χ0v) is 11.7. The molecule has 0 aromatic carbocycles. The normalized spacial score (nSPS) is 26.8. The van der Waals surface area contributed by atoms with Crippen LogP contribution in [0.1, 0.15) is 64.2 Å². The van der Waals surface area contributed by atoms with Crippen LogP contribution in [-0.2, 0) is 4.74 Å². The summed E-state index contributed by atoms with van der Waals surface area (Å²) in [5, 5.41) is 13.1. The molecule has 1 saturated heterocycles. The van der Waals surface area contributed by atoms with E-state index in [4.69, 9.17) is 10.3 Å². The van der Waals surface area contributed by atoms with Crippen LogP contribution in [0.3, 0.4) is 0 Å². The highest BCUT2D eigenvalue weighted by atomic mass is 16.6. The van der Waals surface area contributed by atoms with Crippen molar-refractivity contribution in [1.29, 1.82) is 0 Å². The van der Waals surface area contributed by atoms with E-state index < -0.39 is 5.60 Å². The molecule has 0 aromatic heterocycles. The van der Waals surface area contributed by atoms with Crippen molar-refractivity contribution in [2.45, 2.75) is 75.4 Å². The minimum Gasteiger partial charge on any atom is -0.390 e. The fourth-order valence-electron chi connectivity index (χ4n) is 3.12. The number of nitrogens with zero attached hydrogens (tertiary/aromatic N) is 3. The fourth-order valence-corrected chi connectivity index (χ4v) is 3.12. The molecule has 0 radical (unpaired) electrons. The van der Waals surface area contributed by atoms with Crippen LogP contribution in [0.25, 0.3) is 10.4 Å². The zero-order chi connectivity index (χ0) is 13.6. The Kier molecular flexibility index (Phi) is 5.08. The van der Waals surface area contributed by atoms with Crippen molar-refractivity contribution in [1.82, 2.24) is 0 Å². The maximum Gasteiger partial charge on any atom is 0.0916 e. The topological polar surface area (TPSA) is 81.5 Å². The molecule has 0 unspecified atom stereocenters. The second kappa shape index (κ2) is 6.60. The summed E-state index contributed by atoms with van der Waals surface area (Å²) >= 11 is 0. The number of epoxide rings is 1. The fraction of sp³-hybridized carbons (Fsp3) is 1.00. The summed E-state index contributed by atoms with van der Waals surface area (Å²) < 4.78 is 5.34. The lowest BCUT2D eigenvalue weighted by atomic mass is 9.85. The van der Waals surface area contributed by atoms with Gasteiger partial charge in [-0.25, -0.2) is 0 Å². The van der Waals surface area contributed by atoms with E-state index in [9.17, 15) is 5.11 Å². The molecular formula is C14H25N3O2. The first-order valence-electron chi connectivity index (χ1n) is 7.55. The Morgan fingerprint density at radius 2 is 1.53 bits per heavy atom. The van der Waals surface area contributed by atoms with Gasteiger partial charge < -0.3 is 9.84 Å². The van der Waals surface area contributed by atoms with Gasteiger partial charge in [0.1, 0.15) is 0 Å². The number of rotatable bonds is 2. The van der Waals surface area contributed by atoms with Crippen LogP contribution >= 0.6 is 0 Å². The molecule has 1 aliphatic heterocycles. The third kappa shape index (κ3) is 4.68. The van der Waals surface area contributed by atoms with E-state index in [-0.39, 0.29) is 6.54 Å². The van der Waals surface area contributed by atoms with E-state index in [1.807, 2.05) is 0 Å². The van der Waals surface area contributed by atoms with Gasteiger partial charge in [-0.2, -0.15) is 0 Å². The van der Waals surface area contributed by atoms with E-state index in [2.05, 4.69) is 10.0 Å². The standard InChI is InChI=1S/C7H13N3O.C7H12O/c8-10-9-6-7(11)4-2-1-3-5-7;1-2-4-7(5-3-1)6-8-7/h11H,1-6H2;1-6H2. The predicted octanol–water partition coefficient (Wildman–Crippen LogP) is 3.71. The van der Waals surface area contributed by atoms with Crippen LogP contribution in [0.4, 0.5) is 0 Å². The molecule has 5 nitrogen and oxygen atoms in total. The van der Waals surface area contributed by atoms with Gasteiger partial charge in [0.2, 0.25) is 0 Å². The molecule has 5 heteroatoms. The Labute approximate surface area is 115 Å². The van der Waals surface area contributed by atoms with Crippen LogP contribution < -0.4 is 0 Å². The molecule has 0 atom stereocenters. The smallest absolute Gasteiger partial charge is 0.0916 e. The van der Waals surface area contributed by atoms with E-state index in [0.29, 0.717) is 5.60 Å². The van der Waals surface area contributed by atoms with E-state index in [1.54, 1.807) is 0 Å². The van der Waals surface area contributed by atoms with Crippen molar-refractivity contribution in [3.63, 3.8) is 0 Å². The van der Waals surface area contributed by atoms with Crippen molar-refractivity contribution in [3.05, 3.63) is 10.4 Å². The summed E-state index contributed by atoms with van der Waals surface area (Å²) in [6.07, 6.45) is 11.8. The lowest BCUT2D eigenvalue weighted by Gasteiger charge is -2.30. The van der Waals surface area contributed by atoms with Crippen molar-refractivity contribution in [3.8, 4) is 0 Å². The lowest BCUT2D eigenvalue weighted by molar-refractivity contribution is 0.0129. The summed E-state index contributed by atoms with van der Waals surface area (Å²) in [5.41, 5.74) is 7.80. The summed E-state index contributed by atoms with van der Waals surface area (Å²) in [7, 11) is 0. The van der Waals surface area contributed by atoms with Gasteiger partial charge in [-0.05, 0) is 31.2 Å². The second-order valence-electron chi connectivity index (χ2n) is 6.21. The highest BCUT2D eigenvalue weighted by molar-refractivity contribution is 4.93. The highest BCUT2D eigenvalue weighted by Gasteiger charge is 2.44. The number of hydrogen-bond donors (Lipinski definition) is 1. The molecule has 3 fully saturated rings. The minimum atomic E-state index is -0.690. The van der Waals surface area contributed by atoms with Crippen molar-refractivity contribution in [2.24, 2.45) is 5.11 Å². The van der Waals surface area contributed by atoms with Gasteiger partial charge in [0.25, 0.3) is 0 Å². The largest absolute Gasteiger partial charge is 0.390 e. The van der Waals surface area contributed by atoms with Gasteiger partial charge in [-0.3, -0.25) is 0 Å². The summed E-state index contributed by atoms with van der Waals surface area (Å²) in [6.45, 7) is 1.30. The molecule has 1 N–H and O–H groups in total. The maximum atomic E-state index is 9.74. The molecule has 1 spiro atoms. The molecule has 2 aliphatic carbocycles. The van der Waals surface area contributed by atoms with Crippen LogP contribution in [0.2, 0.25) is 0 Å². The lowest BCUT2D eigenvalue weighted by Crippen LogP contribution is -2.34. The number of azide groups is 1. The Balaban J connectivity index is 0.000000146. The first kappa shape index (κ1) is 14.6. The van der Waals surface area contributed by atoms with Crippen molar-refractivity contribution < 1.29 is 9.84 Å². The van der Waals surface area contributed by atoms with Gasteiger partial charge >= 0.3 is 0 Å². The van der Waals surface area contributed by atoms with Gasteiger partial charge in [-0.1, -0.05) is 43.6 Å². The second-order valence-corrected chi connectivity index (χ2v) is 6.21. The van der Waals surface area contributed by atoms with E-state index in [0.717, 1.165) is 32.3 Å². The zero-order valence-electron chi connectivity index (χ0n) is 11.7. The number of ether oxygens (including phenoxy) is 1. The predicted molar refractivity (Wildman–Crippen MR) is 73.8 cm³/mol. The molecule has 19 heavy (non-hydrogen) atoms. The van der Waals surface area contributed by atoms with Gasteiger partial charge in [0, 0.05) is 4.91 Å². The molecule has 2 saturated carbocycles. The molecule has 0 amide bonds. The van der Waals surface area contributed by atoms with E-state index in [1.165, 1.54) is 38.5 Å². The monoisotopic (exact) mass is 267 g/mol. The van der Waals surface area contributed by atoms with Gasteiger partial charge in [0.15, 0.2) is 0 Å². The molecule has 3 aliphatic rings. The minimum absolute atomic E-state index is 0.240. The Morgan fingerprint density at radius 1 is 1.00 bits per heavy atom. The highest BCUT2D eigenvalue weighted by Crippen LogP contribution is 2.41. The molecule has 1 heterocycles. The molecule has 0 bridgehead atoms. The molecular weight excluding hydrogens is 242 g/mol. The van der Waals surface area contributed by atoms with Crippen LogP contribution in [0, 0.1) is 0 Å². The number of hydrogen-bond acceptors (Lipinski definition) is 3. The summed E-state index contributed by atoms with van der Waals surface area (Å²) in [6, 6.07) is 0. The third-order valence-corrected chi connectivity index (χ3v) is 4.53. The van der Waals surface area contributed by atoms with Crippen LogP contribution in [-0.4, -0.2) is 29.5 Å². The Bertz CT molecular complexity index is 322. The average Bonchev–Trinajstić information content (AvgIpc) is 3.18. The summed E-state index contributed by atoms with van der Waals surface area (Å²) in [4.78, 5) is 2.64. The maximum absolute atomic E-state index is 9.74.